The van der Waals surface area contributed by atoms with Gasteiger partial charge in [-0.1, -0.05) is 18.2 Å². The van der Waals surface area contributed by atoms with Crippen LogP contribution in [0.3, 0.4) is 0 Å². The second-order valence-electron chi connectivity index (χ2n) is 4.20. The number of hydrogen-bond acceptors (Lipinski definition) is 2. The lowest BCUT2D eigenvalue weighted by Gasteiger charge is -2.06. The summed E-state index contributed by atoms with van der Waals surface area (Å²) in [4.78, 5) is 11.9. The zero-order valence-electron chi connectivity index (χ0n) is 10.2. The molecule has 0 aliphatic rings. The van der Waals surface area contributed by atoms with E-state index in [0.717, 1.165) is 5.52 Å². The maximum Gasteiger partial charge on any atom is 0.411 e. The van der Waals surface area contributed by atoms with Crippen molar-refractivity contribution in [3.05, 3.63) is 36.0 Å². The number of rotatable bonds is 4. The monoisotopic (exact) mass is 271 g/mol. The largest absolute Gasteiger partial charge is 0.411 e. The molecule has 0 bridgehead atoms. The van der Waals surface area contributed by atoms with Crippen molar-refractivity contribution in [3.8, 4) is 0 Å². The number of benzene rings is 1. The zero-order valence-corrected chi connectivity index (χ0v) is 10.2. The van der Waals surface area contributed by atoms with E-state index in [2.05, 4.69) is 4.74 Å². The first-order chi connectivity index (χ1) is 8.88. The van der Waals surface area contributed by atoms with Crippen LogP contribution in [0.5, 0.6) is 0 Å². The summed E-state index contributed by atoms with van der Waals surface area (Å²) in [6.07, 6.45) is -2.82. The van der Waals surface area contributed by atoms with Crippen LogP contribution in [0, 0.1) is 0 Å². The van der Waals surface area contributed by atoms with Gasteiger partial charge in [0, 0.05) is 29.7 Å². The van der Waals surface area contributed by atoms with Gasteiger partial charge in [0.2, 0.25) is 0 Å². The number of hydrogen-bond donors (Lipinski definition) is 0. The third-order valence-corrected chi connectivity index (χ3v) is 2.70. The van der Waals surface area contributed by atoms with E-state index in [4.69, 9.17) is 0 Å². The van der Waals surface area contributed by atoms with Crippen molar-refractivity contribution < 1.29 is 22.7 Å². The molecule has 0 unspecified atom stereocenters. The minimum atomic E-state index is -4.42. The third kappa shape index (κ3) is 3.14. The van der Waals surface area contributed by atoms with Crippen molar-refractivity contribution in [1.82, 2.24) is 4.57 Å². The van der Waals surface area contributed by atoms with E-state index in [1.807, 2.05) is 12.1 Å². The second-order valence-corrected chi connectivity index (χ2v) is 4.20. The number of fused-ring (bicyclic) bond motifs is 1. The molecule has 0 saturated heterocycles. The number of halogens is 3. The lowest BCUT2D eigenvalue weighted by atomic mass is 10.1. The first kappa shape index (κ1) is 13.6. The SMILES string of the molecule is Cn1cc(C(=O)COCC(F)(F)F)c2ccccc21. The highest BCUT2D eigenvalue weighted by Gasteiger charge is 2.28. The number of Topliss-reactive ketones (excluding diaryl/α,β-unsaturated/α-hetero) is 1. The first-order valence-corrected chi connectivity index (χ1v) is 5.60. The summed E-state index contributed by atoms with van der Waals surface area (Å²) in [5, 5.41) is 0.714. The Hall–Kier alpha value is -1.82. The molecule has 0 fully saturated rings. The highest BCUT2D eigenvalue weighted by Crippen LogP contribution is 2.21. The molecular formula is C13H12F3NO2. The number of carbonyl (C=O) groups excluding carboxylic acids is 1. The van der Waals surface area contributed by atoms with Gasteiger partial charge in [-0.2, -0.15) is 13.2 Å². The quantitative estimate of drug-likeness (QED) is 0.801. The topological polar surface area (TPSA) is 31.2 Å². The molecular weight excluding hydrogens is 259 g/mol. The molecule has 1 aromatic carbocycles. The summed E-state index contributed by atoms with van der Waals surface area (Å²) in [7, 11) is 1.77. The number of para-hydroxylation sites is 1. The van der Waals surface area contributed by atoms with E-state index < -0.39 is 25.2 Å². The molecule has 6 heteroatoms. The van der Waals surface area contributed by atoms with Crippen LogP contribution in [0.2, 0.25) is 0 Å². The van der Waals surface area contributed by atoms with E-state index >= 15 is 0 Å². The van der Waals surface area contributed by atoms with Crippen LogP contribution < -0.4 is 0 Å². The average molecular weight is 271 g/mol. The smallest absolute Gasteiger partial charge is 0.364 e. The predicted molar refractivity (Wildman–Crippen MR) is 64.1 cm³/mol. The molecule has 0 aliphatic carbocycles. The highest BCUT2D eigenvalue weighted by molar-refractivity contribution is 6.08. The van der Waals surface area contributed by atoms with Gasteiger partial charge in [-0.3, -0.25) is 4.79 Å². The van der Waals surface area contributed by atoms with Gasteiger partial charge in [0.1, 0.15) is 13.2 Å². The zero-order chi connectivity index (χ0) is 14.0. The Bertz CT molecular complexity index is 601. The van der Waals surface area contributed by atoms with Crippen LogP contribution in [-0.2, 0) is 11.8 Å². The van der Waals surface area contributed by atoms with Gasteiger partial charge in [-0.05, 0) is 6.07 Å². The van der Waals surface area contributed by atoms with E-state index in [-0.39, 0.29) is 0 Å². The van der Waals surface area contributed by atoms with E-state index in [1.165, 1.54) is 0 Å². The number of aromatic nitrogens is 1. The van der Waals surface area contributed by atoms with Crippen molar-refractivity contribution in [3.63, 3.8) is 0 Å². The molecule has 0 saturated carbocycles. The summed E-state index contributed by atoms with van der Waals surface area (Å²) in [6, 6.07) is 7.20. The lowest BCUT2D eigenvalue weighted by Crippen LogP contribution is -2.20. The van der Waals surface area contributed by atoms with Crippen LogP contribution in [0.1, 0.15) is 10.4 Å². The first-order valence-electron chi connectivity index (χ1n) is 5.60. The number of nitrogens with zero attached hydrogens (tertiary/aromatic N) is 1. The fourth-order valence-corrected chi connectivity index (χ4v) is 1.90. The minimum Gasteiger partial charge on any atom is -0.364 e. The van der Waals surface area contributed by atoms with E-state index in [1.54, 1.807) is 29.9 Å². The fraction of sp³-hybridized carbons (Fsp3) is 0.308. The fourth-order valence-electron chi connectivity index (χ4n) is 1.90. The molecule has 19 heavy (non-hydrogen) atoms. The standard InChI is InChI=1S/C13H12F3NO2/c1-17-6-10(9-4-2-3-5-11(9)17)12(18)7-19-8-13(14,15)16/h2-6H,7-8H2,1H3. The Labute approximate surface area is 107 Å². The van der Waals surface area contributed by atoms with E-state index in [9.17, 15) is 18.0 Å². The van der Waals surface area contributed by atoms with Crippen LogP contribution in [-0.4, -0.2) is 29.7 Å². The Morgan fingerprint density at radius 1 is 1.32 bits per heavy atom. The van der Waals surface area contributed by atoms with Gasteiger partial charge >= 0.3 is 6.18 Å². The third-order valence-electron chi connectivity index (χ3n) is 2.70. The van der Waals surface area contributed by atoms with Gasteiger partial charge in [0.25, 0.3) is 0 Å². The molecule has 0 amide bonds. The predicted octanol–water partition coefficient (Wildman–Crippen LogP) is 2.94. The van der Waals surface area contributed by atoms with Crippen LogP contribution in [0.25, 0.3) is 10.9 Å². The van der Waals surface area contributed by atoms with Crippen molar-refractivity contribution in [1.29, 1.82) is 0 Å². The molecule has 1 aromatic heterocycles. The van der Waals surface area contributed by atoms with Crippen LogP contribution >= 0.6 is 0 Å². The Kier molecular flexibility index (Phi) is 3.61. The van der Waals surface area contributed by atoms with Crippen LogP contribution in [0.15, 0.2) is 30.5 Å². The number of aryl methyl sites for hydroxylation is 1. The molecule has 0 N–H and O–H groups in total. The molecule has 3 nitrogen and oxygen atoms in total. The van der Waals surface area contributed by atoms with Crippen LogP contribution in [0.4, 0.5) is 13.2 Å². The Morgan fingerprint density at radius 2 is 2.00 bits per heavy atom. The molecule has 0 aliphatic heterocycles. The number of alkyl halides is 3. The maximum atomic E-state index is 11.9. The van der Waals surface area contributed by atoms with Crippen molar-refractivity contribution >= 4 is 16.7 Å². The normalized spacial score (nSPS) is 12.0. The average Bonchev–Trinajstić information content (AvgIpc) is 2.66. The van der Waals surface area contributed by atoms with Crippen molar-refractivity contribution in [2.24, 2.45) is 7.05 Å². The van der Waals surface area contributed by atoms with Gasteiger partial charge < -0.3 is 9.30 Å². The van der Waals surface area contributed by atoms with Crippen molar-refractivity contribution in [2.45, 2.75) is 6.18 Å². The summed E-state index contributed by atoms with van der Waals surface area (Å²) in [5.41, 5.74) is 1.22. The molecule has 0 spiro atoms. The van der Waals surface area contributed by atoms with Gasteiger partial charge in [-0.25, -0.2) is 0 Å². The highest BCUT2D eigenvalue weighted by atomic mass is 19.4. The van der Waals surface area contributed by atoms with Gasteiger partial charge in [-0.15, -0.1) is 0 Å². The van der Waals surface area contributed by atoms with Gasteiger partial charge in [0.05, 0.1) is 0 Å². The summed E-state index contributed by atoms with van der Waals surface area (Å²) >= 11 is 0. The number of ketones is 1. The lowest BCUT2D eigenvalue weighted by molar-refractivity contribution is -0.170. The second kappa shape index (κ2) is 5.05. The molecule has 2 rings (SSSR count). The van der Waals surface area contributed by atoms with Gasteiger partial charge in [0.15, 0.2) is 5.78 Å². The molecule has 2 aromatic rings. The maximum absolute atomic E-state index is 11.9. The van der Waals surface area contributed by atoms with Crippen molar-refractivity contribution in [2.75, 3.05) is 13.2 Å². The molecule has 1 heterocycles. The summed E-state index contributed by atoms with van der Waals surface area (Å²) in [6.45, 7) is -1.99. The van der Waals surface area contributed by atoms with E-state index in [0.29, 0.717) is 10.9 Å². The summed E-state index contributed by atoms with van der Waals surface area (Å²) in [5.74, 6) is -0.457. The Balaban J connectivity index is 2.14. The minimum absolute atomic E-state index is 0.375. The Morgan fingerprint density at radius 3 is 2.68 bits per heavy atom. The molecule has 102 valence electrons. The number of ether oxygens (including phenoxy) is 1. The molecule has 0 atom stereocenters. The summed E-state index contributed by atoms with van der Waals surface area (Å²) < 4.78 is 41.9. The number of carbonyl (C=O) groups is 1. The molecule has 0 radical (unpaired) electrons.